The van der Waals surface area contributed by atoms with Crippen LogP contribution in [-0.4, -0.2) is 49.2 Å². The van der Waals surface area contributed by atoms with Gasteiger partial charge in [0.05, 0.1) is 25.3 Å². The summed E-state index contributed by atoms with van der Waals surface area (Å²) in [5.41, 5.74) is -0.562. The molecule has 1 saturated carbocycles. The van der Waals surface area contributed by atoms with Crippen molar-refractivity contribution in [2.24, 2.45) is 0 Å². The molecule has 1 amide bonds. The molecule has 1 aliphatic carbocycles. The topological polar surface area (TPSA) is 88.9 Å². The first-order chi connectivity index (χ1) is 13.4. The molecule has 28 heavy (non-hydrogen) atoms. The number of likely N-dealkylation sites (N-methyl/N-ethyl adjacent to an activating group) is 1. The van der Waals surface area contributed by atoms with Crippen molar-refractivity contribution in [3.8, 4) is 17.6 Å². The molecule has 152 valence electrons. The van der Waals surface area contributed by atoms with Crippen LogP contribution in [0.1, 0.15) is 56.3 Å². The zero-order valence-corrected chi connectivity index (χ0v) is 17.0. The van der Waals surface area contributed by atoms with Gasteiger partial charge in [-0.2, -0.15) is 5.26 Å². The number of nitriles is 1. The molecule has 1 atom stereocenters. The number of ether oxygens (including phenoxy) is 3. The predicted octanol–water partition coefficient (Wildman–Crippen LogP) is 3.32. The lowest BCUT2D eigenvalue weighted by molar-refractivity contribution is -0.143. The molecule has 0 aliphatic heterocycles. The zero-order chi connectivity index (χ0) is 20.7. The molecule has 2 rings (SSSR count). The van der Waals surface area contributed by atoms with Crippen molar-refractivity contribution in [1.29, 1.82) is 5.26 Å². The van der Waals surface area contributed by atoms with E-state index in [1.165, 1.54) is 25.0 Å². The summed E-state index contributed by atoms with van der Waals surface area (Å²) in [5, 5.41) is 9.65. The average molecular weight is 388 g/mol. The lowest BCUT2D eigenvalue weighted by Gasteiger charge is -2.39. The first kappa shape index (κ1) is 21.5. The van der Waals surface area contributed by atoms with E-state index in [1.807, 2.05) is 6.92 Å². The Hall–Kier alpha value is -2.75. The van der Waals surface area contributed by atoms with Gasteiger partial charge in [0.15, 0.2) is 17.6 Å². The first-order valence-corrected chi connectivity index (χ1v) is 9.59. The van der Waals surface area contributed by atoms with Crippen LogP contribution in [0.3, 0.4) is 0 Å². The maximum atomic E-state index is 12.8. The number of carbonyl (C=O) groups excluding carboxylic acids is 2. The Bertz CT molecular complexity index is 750. The Labute approximate surface area is 166 Å². The lowest BCUT2D eigenvalue weighted by Crippen LogP contribution is -2.53. The number of hydrogen-bond acceptors (Lipinski definition) is 6. The van der Waals surface area contributed by atoms with Gasteiger partial charge in [-0.15, -0.1) is 0 Å². The van der Waals surface area contributed by atoms with Crippen molar-refractivity contribution in [2.45, 2.75) is 57.6 Å². The van der Waals surface area contributed by atoms with E-state index in [0.717, 1.165) is 19.3 Å². The monoisotopic (exact) mass is 388 g/mol. The van der Waals surface area contributed by atoms with Crippen LogP contribution in [-0.2, 0) is 9.53 Å². The second-order valence-electron chi connectivity index (χ2n) is 6.95. The summed E-state index contributed by atoms with van der Waals surface area (Å²) in [6, 6.07) is 7.02. The van der Waals surface area contributed by atoms with Crippen molar-refractivity contribution in [2.75, 3.05) is 20.8 Å². The number of benzene rings is 1. The van der Waals surface area contributed by atoms with Gasteiger partial charge in [0.2, 0.25) is 0 Å². The van der Waals surface area contributed by atoms with Gasteiger partial charge in [-0.05, 0) is 44.9 Å². The summed E-state index contributed by atoms with van der Waals surface area (Å²) >= 11 is 0. The minimum absolute atomic E-state index is 0.260. The van der Waals surface area contributed by atoms with Crippen LogP contribution in [0, 0.1) is 11.3 Å². The van der Waals surface area contributed by atoms with Crippen LogP contribution >= 0.6 is 0 Å². The van der Waals surface area contributed by atoms with Crippen molar-refractivity contribution >= 4 is 11.9 Å². The van der Waals surface area contributed by atoms with Crippen LogP contribution in [0.4, 0.5) is 0 Å². The third-order valence-corrected chi connectivity index (χ3v) is 5.19. The van der Waals surface area contributed by atoms with E-state index in [4.69, 9.17) is 14.2 Å². The van der Waals surface area contributed by atoms with Crippen LogP contribution in [0.15, 0.2) is 18.2 Å². The van der Waals surface area contributed by atoms with Crippen molar-refractivity contribution in [1.82, 2.24) is 4.90 Å². The molecule has 0 radical (unpaired) electrons. The SMILES string of the molecule is CCOc1ccc(C(=O)O[C@@H](C)C(=O)N(C)C2(C#N)CCCCC2)cc1OC. The zero-order valence-electron chi connectivity index (χ0n) is 17.0. The van der Waals surface area contributed by atoms with Gasteiger partial charge < -0.3 is 19.1 Å². The summed E-state index contributed by atoms with van der Waals surface area (Å²) in [6.07, 6.45) is 3.17. The second kappa shape index (κ2) is 9.45. The first-order valence-electron chi connectivity index (χ1n) is 9.59. The van der Waals surface area contributed by atoms with Gasteiger partial charge in [0.25, 0.3) is 5.91 Å². The molecular formula is C21H28N2O5. The third-order valence-electron chi connectivity index (χ3n) is 5.19. The summed E-state index contributed by atoms with van der Waals surface area (Å²) in [5.74, 6) is -0.0725. The van der Waals surface area contributed by atoms with Crippen molar-refractivity contribution in [3.63, 3.8) is 0 Å². The van der Waals surface area contributed by atoms with Crippen LogP contribution < -0.4 is 9.47 Å². The lowest BCUT2D eigenvalue weighted by atomic mass is 9.81. The van der Waals surface area contributed by atoms with Gasteiger partial charge in [-0.1, -0.05) is 19.3 Å². The van der Waals surface area contributed by atoms with Crippen LogP contribution in [0.25, 0.3) is 0 Å². The number of carbonyl (C=O) groups is 2. The molecule has 0 heterocycles. The molecule has 7 nitrogen and oxygen atoms in total. The number of hydrogen-bond donors (Lipinski definition) is 0. The summed E-state index contributed by atoms with van der Waals surface area (Å²) in [6.45, 7) is 3.85. The van der Waals surface area contributed by atoms with Gasteiger partial charge in [-0.25, -0.2) is 4.79 Å². The number of amides is 1. The van der Waals surface area contributed by atoms with E-state index in [9.17, 15) is 14.9 Å². The number of nitrogens with zero attached hydrogens (tertiary/aromatic N) is 2. The molecule has 1 fully saturated rings. The molecule has 0 unspecified atom stereocenters. The fourth-order valence-electron chi connectivity index (χ4n) is 3.49. The smallest absolute Gasteiger partial charge is 0.339 e. The highest BCUT2D eigenvalue weighted by atomic mass is 16.5. The fraction of sp³-hybridized carbons (Fsp3) is 0.571. The van der Waals surface area contributed by atoms with Crippen molar-refractivity contribution in [3.05, 3.63) is 23.8 Å². The molecule has 0 aromatic heterocycles. The highest BCUT2D eigenvalue weighted by Crippen LogP contribution is 2.33. The molecule has 7 heteroatoms. The summed E-state index contributed by atoms with van der Waals surface area (Å²) in [4.78, 5) is 26.7. The number of methoxy groups -OCH3 is 1. The Kier molecular flexibility index (Phi) is 7.27. The van der Waals surface area contributed by atoms with E-state index < -0.39 is 17.6 Å². The predicted molar refractivity (Wildman–Crippen MR) is 103 cm³/mol. The standard InChI is InChI=1S/C21H28N2O5/c1-5-27-17-10-9-16(13-18(17)26-4)20(25)28-15(2)19(24)23(3)21(14-22)11-7-6-8-12-21/h9-10,13,15H,5-8,11-12H2,1-4H3/t15-/m0/s1. The molecule has 1 aromatic carbocycles. The molecule has 0 saturated heterocycles. The molecule has 1 aromatic rings. The molecule has 0 spiro atoms. The van der Waals surface area contributed by atoms with E-state index >= 15 is 0 Å². The van der Waals surface area contributed by atoms with E-state index in [1.54, 1.807) is 19.2 Å². The highest BCUT2D eigenvalue weighted by molar-refractivity contribution is 5.93. The van der Waals surface area contributed by atoms with Gasteiger partial charge >= 0.3 is 5.97 Å². The van der Waals surface area contributed by atoms with E-state index in [2.05, 4.69) is 6.07 Å². The maximum absolute atomic E-state index is 12.8. The van der Waals surface area contributed by atoms with E-state index in [-0.39, 0.29) is 11.5 Å². The van der Waals surface area contributed by atoms with Gasteiger partial charge in [0, 0.05) is 7.05 Å². The third kappa shape index (κ3) is 4.56. The Morgan fingerprint density at radius 3 is 2.50 bits per heavy atom. The molecule has 0 bridgehead atoms. The Balaban J connectivity index is 2.09. The van der Waals surface area contributed by atoms with Gasteiger partial charge in [-0.3, -0.25) is 4.79 Å². The van der Waals surface area contributed by atoms with Crippen LogP contribution in [0.2, 0.25) is 0 Å². The molecule has 0 N–H and O–H groups in total. The molecule has 1 aliphatic rings. The largest absolute Gasteiger partial charge is 0.493 e. The Morgan fingerprint density at radius 2 is 1.93 bits per heavy atom. The minimum Gasteiger partial charge on any atom is -0.493 e. The average Bonchev–Trinajstić information content (AvgIpc) is 2.73. The minimum atomic E-state index is -0.998. The quantitative estimate of drug-likeness (QED) is 0.666. The molecular weight excluding hydrogens is 360 g/mol. The highest BCUT2D eigenvalue weighted by Gasteiger charge is 2.40. The number of rotatable bonds is 7. The summed E-state index contributed by atoms with van der Waals surface area (Å²) in [7, 11) is 3.10. The second-order valence-corrected chi connectivity index (χ2v) is 6.95. The fourth-order valence-corrected chi connectivity index (χ4v) is 3.49. The normalized spacial score (nSPS) is 16.4. The van der Waals surface area contributed by atoms with Gasteiger partial charge in [0.1, 0.15) is 5.54 Å². The van der Waals surface area contributed by atoms with Crippen LogP contribution in [0.5, 0.6) is 11.5 Å². The number of esters is 1. The maximum Gasteiger partial charge on any atom is 0.339 e. The summed E-state index contributed by atoms with van der Waals surface area (Å²) < 4.78 is 16.0. The van der Waals surface area contributed by atoms with Crippen molar-refractivity contribution < 1.29 is 23.8 Å². The van der Waals surface area contributed by atoms with E-state index in [0.29, 0.717) is 30.9 Å². The Morgan fingerprint density at radius 1 is 1.25 bits per heavy atom.